The quantitative estimate of drug-likeness (QED) is 0.518. The minimum Gasteiger partial charge on any atom is -0.495 e. The van der Waals surface area contributed by atoms with Crippen LogP contribution in [0.1, 0.15) is 30.2 Å². The number of aromatic nitrogens is 2. The molecule has 1 amide bonds. The molecule has 8 heteroatoms. The summed E-state index contributed by atoms with van der Waals surface area (Å²) in [5.41, 5.74) is 3.43. The maximum atomic E-state index is 13.9. The second-order valence-corrected chi connectivity index (χ2v) is 8.38. The van der Waals surface area contributed by atoms with E-state index in [1.54, 1.807) is 24.4 Å². The Morgan fingerprint density at radius 1 is 1.18 bits per heavy atom. The van der Waals surface area contributed by atoms with Crippen molar-refractivity contribution in [2.75, 3.05) is 7.11 Å². The molecule has 1 saturated heterocycles. The van der Waals surface area contributed by atoms with Crippen molar-refractivity contribution in [3.63, 3.8) is 0 Å². The van der Waals surface area contributed by atoms with Gasteiger partial charge in [0.05, 0.1) is 30.9 Å². The molecule has 0 unspecified atom stereocenters. The number of morpholine rings is 1. The standard InChI is InChI=1S/C26H23F2N3O3/c1-15-13-30(14-29-15)23-7-4-17(10-24(23)33-3)11-25-26(32)31-21(16(2)34-25)8-9-22(31)18-5-6-19(27)20(28)12-18/h4-7,9-14,16,21H,8H2,1-3H3/t16-,21+/m0/s1. The van der Waals surface area contributed by atoms with Gasteiger partial charge in [-0.15, -0.1) is 0 Å². The molecule has 1 fully saturated rings. The highest BCUT2D eigenvalue weighted by atomic mass is 19.2. The number of imidazole rings is 1. The van der Waals surface area contributed by atoms with E-state index in [1.807, 2.05) is 48.9 Å². The fourth-order valence-corrected chi connectivity index (χ4v) is 4.43. The molecule has 2 aromatic carbocycles. The number of carbonyl (C=O) groups excluding carboxylic acids is 1. The molecule has 0 spiro atoms. The Labute approximate surface area is 195 Å². The van der Waals surface area contributed by atoms with E-state index >= 15 is 0 Å². The van der Waals surface area contributed by atoms with Crippen LogP contribution in [0.4, 0.5) is 8.78 Å². The van der Waals surface area contributed by atoms with Crippen LogP contribution >= 0.6 is 0 Å². The minimum atomic E-state index is -0.952. The van der Waals surface area contributed by atoms with Crippen LogP contribution < -0.4 is 4.74 Å². The first-order valence-corrected chi connectivity index (χ1v) is 10.9. The molecule has 3 aromatic rings. The van der Waals surface area contributed by atoms with Gasteiger partial charge in [0.25, 0.3) is 5.91 Å². The van der Waals surface area contributed by atoms with Crippen molar-refractivity contribution < 1.29 is 23.0 Å². The number of hydrogen-bond donors (Lipinski definition) is 0. The van der Waals surface area contributed by atoms with Gasteiger partial charge in [0, 0.05) is 17.5 Å². The molecule has 6 nitrogen and oxygen atoms in total. The number of fused-ring (bicyclic) bond motifs is 1. The molecule has 0 radical (unpaired) electrons. The highest BCUT2D eigenvalue weighted by Crippen LogP contribution is 2.38. The lowest BCUT2D eigenvalue weighted by atomic mass is 10.1. The number of amides is 1. The number of nitrogens with zero attached hydrogens (tertiary/aromatic N) is 3. The van der Waals surface area contributed by atoms with E-state index in [9.17, 15) is 13.6 Å². The van der Waals surface area contributed by atoms with Crippen LogP contribution in [0.3, 0.4) is 0 Å². The molecule has 2 aliphatic heterocycles. The number of carbonyl (C=O) groups is 1. The molecule has 2 aliphatic rings. The summed E-state index contributed by atoms with van der Waals surface area (Å²) in [6, 6.07) is 9.01. The van der Waals surface area contributed by atoms with Gasteiger partial charge in [0.15, 0.2) is 17.4 Å². The van der Waals surface area contributed by atoms with Gasteiger partial charge in [0.1, 0.15) is 11.9 Å². The molecule has 0 bridgehead atoms. The zero-order valence-corrected chi connectivity index (χ0v) is 19.0. The van der Waals surface area contributed by atoms with Crippen molar-refractivity contribution in [3.05, 3.63) is 89.2 Å². The van der Waals surface area contributed by atoms with Gasteiger partial charge in [-0.05, 0) is 62.2 Å². The van der Waals surface area contributed by atoms with Gasteiger partial charge in [-0.1, -0.05) is 12.1 Å². The zero-order valence-electron chi connectivity index (χ0n) is 19.0. The van der Waals surface area contributed by atoms with E-state index in [-0.39, 0.29) is 23.8 Å². The molecule has 0 N–H and O–H groups in total. The summed E-state index contributed by atoms with van der Waals surface area (Å²) in [5.74, 6) is -1.42. The predicted molar refractivity (Wildman–Crippen MR) is 123 cm³/mol. The van der Waals surface area contributed by atoms with Gasteiger partial charge in [-0.2, -0.15) is 0 Å². The number of rotatable bonds is 4. The van der Waals surface area contributed by atoms with Crippen LogP contribution in [0.5, 0.6) is 5.75 Å². The van der Waals surface area contributed by atoms with Crippen LogP contribution in [0.2, 0.25) is 0 Å². The highest BCUT2D eigenvalue weighted by molar-refractivity contribution is 6.02. The Morgan fingerprint density at radius 3 is 2.71 bits per heavy atom. The van der Waals surface area contributed by atoms with E-state index in [0.717, 1.165) is 29.1 Å². The van der Waals surface area contributed by atoms with E-state index in [2.05, 4.69) is 4.98 Å². The zero-order chi connectivity index (χ0) is 24.0. The molecule has 5 rings (SSSR count). The fraction of sp³-hybridized carbons (Fsp3) is 0.231. The topological polar surface area (TPSA) is 56.6 Å². The highest BCUT2D eigenvalue weighted by Gasteiger charge is 2.43. The van der Waals surface area contributed by atoms with Gasteiger partial charge in [-0.3, -0.25) is 9.69 Å². The van der Waals surface area contributed by atoms with E-state index in [4.69, 9.17) is 9.47 Å². The number of hydrogen-bond acceptors (Lipinski definition) is 4. The first kappa shape index (κ1) is 21.9. The second-order valence-electron chi connectivity index (χ2n) is 8.38. The third-order valence-corrected chi connectivity index (χ3v) is 6.13. The number of methoxy groups -OCH3 is 1. The van der Waals surface area contributed by atoms with Gasteiger partial charge < -0.3 is 14.0 Å². The van der Waals surface area contributed by atoms with Crippen molar-refractivity contribution in [3.8, 4) is 11.4 Å². The number of benzene rings is 2. The molecular weight excluding hydrogens is 440 g/mol. The largest absolute Gasteiger partial charge is 0.495 e. The van der Waals surface area contributed by atoms with Gasteiger partial charge in [0.2, 0.25) is 0 Å². The Morgan fingerprint density at radius 2 is 2.00 bits per heavy atom. The third-order valence-electron chi connectivity index (χ3n) is 6.13. The van der Waals surface area contributed by atoms with E-state index in [1.165, 1.54) is 6.07 Å². The maximum absolute atomic E-state index is 13.9. The van der Waals surface area contributed by atoms with Crippen LogP contribution in [-0.2, 0) is 9.53 Å². The third kappa shape index (κ3) is 3.75. The Bertz CT molecular complexity index is 1340. The maximum Gasteiger partial charge on any atom is 0.293 e. The summed E-state index contributed by atoms with van der Waals surface area (Å²) in [4.78, 5) is 19.3. The molecule has 34 heavy (non-hydrogen) atoms. The van der Waals surface area contributed by atoms with Crippen LogP contribution in [0.25, 0.3) is 17.5 Å². The van der Waals surface area contributed by atoms with Gasteiger partial charge >= 0.3 is 0 Å². The number of halogens is 2. The summed E-state index contributed by atoms with van der Waals surface area (Å²) in [5, 5.41) is 0. The summed E-state index contributed by atoms with van der Waals surface area (Å²) in [6.07, 6.45) is 7.43. The van der Waals surface area contributed by atoms with E-state index in [0.29, 0.717) is 23.4 Å². The SMILES string of the molecule is COc1cc(C=C2O[C@@H](C)[C@H]3CC=C(c4ccc(F)c(F)c4)N3C2=O)ccc1-n1cnc(C)c1. The first-order chi connectivity index (χ1) is 16.4. The minimum absolute atomic E-state index is 0.174. The molecule has 3 heterocycles. The lowest BCUT2D eigenvalue weighted by Gasteiger charge is -2.38. The molecule has 0 saturated carbocycles. The Balaban J connectivity index is 1.47. The van der Waals surface area contributed by atoms with Gasteiger partial charge in [-0.25, -0.2) is 13.8 Å². The lowest BCUT2D eigenvalue weighted by molar-refractivity contribution is -0.138. The monoisotopic (exact) mass is 463 g/mol. The summed E-state index contributed by atoms with van der Waals surface area (Å²) >= 11 is 0. The van der Waals surface area contributed by atoms with Crippen molar-refractivity contribution >= 4 is 17.7 Å². The molecule has 1 aromatic heterocycles. The van der Waals surface area contributed by atoms with E-state index < -0.39 is 11.6 Å². The predicted octanol–water partition coefficient (Wildman–Crippen LogP) is 4.87. The summed E-state index contributed by atoms with van der Waals surface area (Å²) in [6.45, 7) is 3.80. The van der Waals surface area contributed by atoms with Crippen molar-refractivity contribution in [2.45, 2.75) is 32.4 Å². The Hall–Kier alpha value is -3.94. The van der Waals surface area contributed by atoms with Crippen LogP contribution in [-0.4, -0.2) is 39.6 Å². The van der Waals surface area contributed by atoms with Crippen LogP contribution in [0, 0.1) is 18.6 Å². The Kier molecular flexibility index (Phi) is 5.43. The number of ether oxygens (including phenoxy) is 2. The summed E-state index contributed by atoms with van der Waals surface area (Å²) < 4.78 is 40.7. The smallest absolute Gasteiger partial charge is 0.293 e. The average Bonchev–Trinajstić information content (AvgIpc) is 3.46. The lowest BCUT2D eigenvalue weighted by Crippen LogP contribution is -2.48. The second kappa shape index (κ2) is 8.44. The van der Waals surface area contributed by atoms with Crippen molar-refractivity contribution in [1.82, 2.24) is 14.5 Å². The molecule has 174 valence electrons. The van der Waals surface area contributed by atoms with Crippen LogP contribution in [0.15, 0.2) is 60.8 Å². The van der Waals surface area contributed by atoms with Crippen molar-refractivity contribution in [2.24, 2.45) is 0 Å². The number of aryl methyl sites for hydroxylation is 1. The van der Waals surface area contributed by atoms with Crippen molar-refractivity contribution in [1.29, 1.82) is 0 Å². The fourth-order valence-electron chi connectivity index (χ4n) is 4.43. The first-order valence-electron chi connectivity index (χ1n) is 10.9. The summed E-state index contributed by atoms with van der Waals surface area (Å²) in [7, 11) is 1.58. The molecule has 2 atom stereocenters. The molecular formula is C26H23F2N3O3. The average molecular weight is 463 g/mol. The normalized spacial score (nSPS) is 20.9. The molecule has 0 aliphatic carbocycles.